The summed E-state index contributed by atoms with van der Waals surface area (Å²) in [7, 11) is 0. The van der Waals surface area contributed by atoms with E-state index >= 15 is 0 Å². The summed E-state index contributed by atoms with van der Waals surface area (Å²) in [5.74, 6) is 0.970. The van der Waals surface area contributed by atoms with E-state index in [1.165, 1.54) is 22.3 Å². The second-order valence-corrected chi connectivity index (χ2v) is 6.97. The van der Waals surface area contributed by atoms with E-state index in [1.807, 2.05) is 0 Å². The van der Waals surface area contributed by atoms with Crippen molar-refractivity contribution in [2.24, 2.45) is 0 Å². The number of benzene rings is 2. The first kappa shape index (κ1) is 13.8. The Morgan fingerprint density at radius 1 is 0.955 bits per heavy atom. The van der Waals surface area contributed by atoms with Crippen molar-refractivity contribution in [3.8, 4) is 0 Å². The standard InChI is InChI=1S/C21H22O/c1-15-6-2-4-8-18(15)20-14-16-7-3-5-9-19(16)21(20)12-10-17(22)11-13-21/h2-9,20H,10-14H2,1H3. The molecule has 2 aromatic rings. The molecule has 1 unspecified atom stereocenters. The van der Waals surface area contributed by atoms with Crippen LogP contribution in [0.1, 0.15) is 53.9 Å². The maximum absolute atomic E-state index is 11.8. The second kappa shape index (κ2) is 5.08. The Balaban J connectivity index is 1.85. The van der Waals surface area contributed by atoms with Gasteiger partial charge in [-0.3, -0.25) is 4.79 Å². The highest BCUT2D eigenvalue weighted by molar-refractivity contribution is 5.80. The van der Waals surface area contributed by atoms with E-state index in [9.17, 15) is 4.79 Å². The zero-order valence-corrected chi connectivity index (χ0v) is 13.1. The largest absolute Gasteiger partial charge is 0.300 e. The molecule has 2 aromatic carbocycles. The van der Waals surface area contributed by atoms with E-state index in [2.05, 4.69) is 55.5 Å². The van der Waals surface area contributed by atoms with Gasteiger partial charge in [-0.25, -0.2) is 0 Å². The molecule has 1 spiro atoms. The van der Waals surface area contributed by atoms with E-state index in [4.69, 9.17) is 0 Å². The molecule has 0 radical (unpaired) electrons. The SMILES string of the molecule is Cc1ccccc1C1Cc2ccccc2C12CCC(=O)CC2. The number of rotatable bonds is 1. The normalized spacial score (nSPS) is 22.8. The first-order chi connectivity index (χ1) is 10.7. The highest BCUT2D eigenvalue weighted by Gasteiger charge is 2.48. The van der Waals surface area contributed by atoms with Crippen molar-refractivity contribution >= 4 is 5.78 Å². The summed E-state index contributed by atoms with van der Waals surface area (Å²) in [6, 6.07) is 17.7. The molecule has 0 N–H and O–H groups in total. The third-order valence-corrected chi connectivity index (χ3v) is 5.91. The van der Waals surface area contributed by atoms with Crippen molar-refractivity contribution in [2.45, 2.75) is 50.4 Å². The fourth-order valence-electron chi connectivity index (χ4n) is 4.77. The van der Waals surface area contributed by atoms with E-state index in [1.54, 1.807) is 0 Å². The molecule has 1 saturated carbocycles. The summed E-state index contributed by atoms with van der Waals surface area (Å²) >= 11 is 0. The minimum absolute atomic E-state index is 0.177. The number of hydrogen-bond donors (Lipinski definition) is 0. The first-order valence-electron chi connectivity index (χ1n) is 8.36. The van der Waals surface area contributed by atoms with Gasteiger partial charge in [0, 0.05) is 18.3 Å². The molecule has 1 atom stereocenters. The van der Waals surface area contributed by atoms with Gasteiger partial charge < -0.3 is 0 Å². The van der Waals surface area contributed by atoms with Crippen molar-refractivity contribution in [1.82, 2.24) is 0 Å². The zero-order chi connectivity index (χ0) is 15.2. The minimum atomic E-state index is 0.177. The van der Waals surface area contributed by atoms with Gasteiger partial charge in [0.1, 0.15) is 5.78 Å². The van der Waals surface area contributed by atoms with Crippen LogP contribution < -0.4 is 0 Å². The Hall–Kier alpha value is -1.89. The maximum atomic E-state index is 11.8. The van der Waals surface area contributed by atoms with Crippen LogP contribution in [0.2, 0.25) is 0 Å². The van der Waals surface area contributed by atoms with Gasteiger partial charge in [0.15, 0.2) is 0 Å². The molecule has 2 aliphatic rings. The van der Waals surface area contributed by atoms with Crippen molar-refractivity contribution < 1.29 is 4.79 Å². The van der Waals surface area contributed by atoms with E-state index in [-0.39, 0.29) is 5.41 Å². The molecular weight excluding hydrogens is 268 g/mol. The number of carbonyl (C=O) groups excluding carboxylic acids is 1. The Morgan fingerprint density at radius 2 is 1.64 bits per heavy atom. The zero-order valence-electron chi connectivity index (χ0n) is 13.1. The van der Waals surface area contributed by atoms with E-state index in [0.717, 1.165) is 32.1 Å². The number of aryl methyl sites for hydroxylation is 1. The van der Waals surface area contributed by atoms with Gasteiger partial charge in [-0.05, 0) is 54.4 Å². The predicted octanol–water partition coefficient (Wildman–Crippen LogP) is 4.72. The first-order valence-corrected chi connectivity index (χ1v) is 8.36. The van der Waals surface area contributed by atoms with Gasteiger partial charge >= 0.3 is 0 Å². The third-order valence-electron chi connectivity index (χ3n) is 5.91. The maximum Gasteiger partial charge on any atom is 0.132 e. The molecule has 0 saturated heterocycles. The molecule has 0 aromatic heterocycles. The van der Waals surface area contributed by atoms with Gasteiger partial charge in [-0.15, -0.1) is 0 Å². The smallest absolute Gasteiger partial charge is 0.132 e. The van der Waals surface area contributed by atoms with Crippen LogP contribution in [0.25, 0.3) is 0 Å². The molecule has 22 heavy (non-hydrogen) atoms. The van der Waals surface area contributed by atoms with E-state index < -0.39 is 0 Å². The molecule has 4 rings (SSSR count). The summed E-state index contributed by atoms with van der Waals surface area (Å²) in [6.07, 6.45) is 4.65. The molecular formula is C21H22O. The lowest BCUT2D eigenvalue weighted by molar-refractivity contribution is -0.121. The summed E-state index contributed by atoms with van der Waals surface area (Å²) in [6.45, 7) is 2.22. The minimum Gasteiger partial charge on any atom is -0.300 e. The fourth-order valence-corrected chi connectivity index (χ4v) is 4.77. The summed E-state index contributed by atoms with van der Waals surface area (Å²) in [4.78, 5) is 11.8. The van der Waals surface area contributed by atoms with Crippen molar-refractivity contribution in [1.29, 1.82) is 0 Å². The van der Waals surface area contributed by atoms with Gasteiger partial charge in [-0.2, -0.15) is 0 Å². The van der Waals surface area contributed by atoms with Crippen LogP contribution in [0.5, 0.6) is 0 Å². The Bertz CT molecular complexity index is 718. The molecule has 1 heteroatoms. The van der Waals surface area contributed by atoms with Gasteiger partial charge in [0.25, 0.3) is 0 Å². The van der Waals surface area contributed by atoms with Crippen LogP contribution in [-0.2, 0) is 16.6 Å². The molecule has 0 bridgehead atoms. The molecule has 0 amide bonds. The van der Waals surface area contributed by atoms with Crippen LogP contribution in [0, 0.1) is 6.92 Å². The van der Waals surface area contributed by atoms with Gasteiger partial charge in [-0.1, -0.05) is 48.5 Å². The second-order valence-electron chi connectivity index (χ2n) is 6.97. The molecule has 0 aliphatic heterocycles. The summed E-state index contributed by atoms with van der Waals surface area (Å²) < 4.78 is 0. The van der Waals surface area contributed by atoms with Crippen LogP contribution in [0.3, 0.4) is 0 Å². The number of Topliss-reactive ketones (excluding diaryl/α,β-unsaturated/α-hetero) is 1. The fraction of sp³-hybridized carbons (Fsp3) is 0.381. The van der Waals surface area contributed by atoms with Crippen LogP contribution in [-0.4, -0.2) is 5.78 Å². The topological polar surface area (TPSA) is 17.1 Å². The summed E-state index contributed by atoms with van der Waals surface area (Å²) in [5, 5.41) is 0. The molecule has 112 valence electrons. The van der Waals surface area contributed by atoms with E-state index in [0.29, 0.717) is 11.7 Å². The lowest BCUT2D eigenvalue weighted by Crippen LogP contribution is -2.35. The number of ketones is 1. The molecule has 2 aliphatic carbocycles. The van der Waals surface area contributed by atoms with Gasteiger partial charge in [0.05, 0.1) is 0 Å². The lowest BCUT2D eigenvalue weighted by Gasteiger charge is -2.40. The average Bonchev–Trinajstić information content (AvgIpc) is 2.85. The van der Waals surface area contributed by atoms with Crippen LogP contribution in [0.15, 0.2) is 48.5 Å². The van der Waals surface area contributed by atoms with Crippen LogP contribution in [0.4, 0.5) is 0 Å². The van der Waals surface area contributed by atoms with Crippen molar-refractivity contribution in [3.63, 3.8) is 0 Å². The highest BCUT2D eigenvalue weighted by Crippen LogP contribution is 2.56. The number of fused-ring (bicyclic) bond motifs is 2. The highest BCUT2D eigenvalue weighted by atomic mass is 16.1. The quantitative estimate of drug-likeness (QED) is 0.743. The molecule has 0 heterocycles. The Kier molecular flexibility index (Phi) is 3.18. The third kappa shape index (κ3) is 1.95. The Morgan fingerprint density at radius 3 is 2.41 bits per heavy atom. The average molecular weight is 290 g/mol. The van der Waals surface area contributed by atoms with Crippen molar-refractivity contribution in [2.75, 3.05) is 0 Å². The Labute approximate surface area is 132 Å². The van der Waals surface area contributed by atoms with Crippen LogP contribution >= 0.6 is 0 Å². The monoisotopic (exact) mass is 290 g/mol. The molecule has 1 nitrogen and oxygen atoms in total. The predicted molar refractivity (Wildman–Crippen MR) is 89.2 cm³/mol. The summed E-state index contributed by atoms with van der Waals surface area (Å²) in [5.41, 5.74) is 6.04. The number of carbonyl (C=O) groups is 1. The van der Waals surface area contributed by atoms with Crippen molar-refractivity contribution in [3.05, 3.63) is 70.8 Å². The number of hydrogen-bond acceptors (Lipinski definition) is 1. The lowest BCUT2D eigenvalue weighted by atomic mass is 9.63. The van der Waals surface area contributed by atoms with Gasteiger partial charge in [0.2, 0.25) is 0 Å². The molecule has 1 fully saturated rings.